The molecule has 3 saturated heterocycles. The maximum Gasteiger partial charge on any atom is 0.0588 e. The summed E-state index contributed by atoms with van der Waals surface area (Å²) in [6, 6.07) is 0. The normalized spacial score (nSPS) is 32.6. The number of hydrogen-bond donors (Lipinski definition) is 0. The first-order chi connectivity index (χ1) is 10.4. The van der Waals surface area contributed by atoms with Crippen molar-refractivity contribution < 1.29 is 9.47 Å². The monoisotopic (exact) mass is 296 g/mol. The molecule has 0 N–H and O–H groups in total. The maximum absolute atomic E-state index is 5.74. The van der Waals surface area contributed by atoms with Crippen LogP contribution < -0.4 is 0 Å². The van der Waals surface area contributed by atoms with E-state index in [-0.39, 0.29) is 0 Å². The lowest BCUT2D eigenvalue weighted by Gasteiger charge is -2.23. The third kappa shape index (κ3) is 5.20. The number of ether oxygens (including phenoxy) is 2. The lowest BCUT2D eigenvalue weighted by atomic mass is 10.2. The van der Waals surface area contributed by atoms with Gasteiger partial charge in [-0.3, -0.25) is 0 Å². The Balaban J connectivity index is 1.31. The predicted molar refractivity (Wildman–Crippen MR) is 84.7 cm³/mol. The van der Waals surface area contributed by atoms with Crippen molar-refractivity contribution in [2.75, 3.05) is 52.5 Å². The molecular weight excluding hydrogens is 264 g/mol. The van der Waals surface area contributed by atoms with Crippen molar-refractivity contribution in [1.29, 1.82) is 0 Å². The molecule has 0 unspecified atom stereocenters. The second-order valence-electron chi connectivity index (χ2n) is 6.88. The van der Waals surface area contributed by atoms with Crippen molar-refractivity contribution in [3.63, 3.8) is 0 Å². The summed E-state index contributed by atoms with van der Waals surface area (Å²) in [5.41, 5.74) is 0. The number of nitrogens with zero attached hydrogens (tertiary/aromatic N) is 2. The summed E-state index contributed by atoms with van der Waals surface area (Å²) in [5, 5.41) is 0. The van der Waals surface area contributed by atoms with Gasteiger partial charge in [-0.15, -0.1) is 0 Å². The van der Waals surface area contributed by atoms with E-state index in [1.54, 1.807) is 0 Å². The van der Waals surface area contributed by atoms with Crippen LogP contribution in [0.2, 0.25) is 0 Å². The molecule has 3 rings (SSSR count). The minimum atomic E-state index is 0.545. The van der Waals surface area contributed by atoms with Crippen molar-refractivity contribution in [2.24, 2.45) is 0 Å². The van der Waals surface area contributed by atoms with Crippen molar-refractivity contribution in [3.05, 3.63) is 0 Å². The van der Waals surface area contributed by atoms with Gasteiger partial charge in [-0.1, -0.05) is 0 Å². The van der Waals surface area contributed by atoms with Gasteiger partial charge in [0.05, 0.1) is 12.2 Å². The van der Waals surface area contributed by atoms with E-state index in [9.17, 15) is 0 Å². The Bertz CT molecular complexity index is 261. The molecule has 0 spiro atoms. The van der Waals surface area contributed by atoms with E-state index in [0.717, 1.165) is 13.2 Å². The van der Waals surface area contributed by atoms with E-state index in [1.807, 2.05) is 0 Å². The lowest BCUT2D eigenvalue weighted by molar-refractivity contribution is 0.0892. The molecule has 2 atom stereocenters. The Morgan fingerprint density at radius 1 is 0.667 bits per heavy atom. The minimum Gasteiger partial charge on any atom is -0.378 e. The van der Waals surface area contributed by atoms with E-state index in [4.69, 9.17) is 9.47 Å². The molecule has 0 aromatic heterocycles. The van der Waals surface area contributed by atoms with Crippen LogP contribution in [0.1, 0.15) is 44.9 Å². The Morgan fingerprint density at radius 3 is 1.62 bits per heavy atom. The summed E-state index contributed by atoms with van der Waals surface area (Å²) in [7, 11) is 0. The van der Waals surface area contributed by atoms with E-state index >= 15 is 0 Å². The van der Waals surface area contributed by atoms with Gasteiger partial charge in [0.25, 0.3) is 0 Å². The number of rotatable bonds is 6. The highest BCUT2D eigenvalue weighted by Gasteiger charge is 2.20. The van der Waals surface area contributed by atoms with Crippen LogP contribution >= 0.6 is 0 Å². The Hall–Kier alpha value is -0.160. The zero-order chi connectivity index (χ0) is 14.3. The third-order valence-electron chi connectivity index (χ3n) is 5.26. The van der Waals surface area contributed by atoms with Crippen LogP contribution in [0.25, 0.3) is 0 Å². The van der Waals surface area contributed by atoms with Crippen molar-refractivity contribution in [3.8, 4) is 0 Å². The van der Waals surface area contributed by atoms with Gasteiger partial charge in [0, 0.05) is 39.4 Å². The van der Waals surface area contributed by atoms with Gasteiger partial charge in [-0.05, 0) is 58.0 Å². The van der Waals surface area contributed by atoms with Crippen molar-refractivity contribution >= 4 is 0 Å². The van der Waals surface area contributed by atoms with Crippen molar-refractivity contribution in [1.82, 2.24) is 9.80 Å². The largest absolute Gasteiger partial charge is 0.378 e. The second kappa shape index (κ2) is 8.47. The topological polar surface area (TPSA) is 24.9 Å². The fourth-order valence-electron chi connectivity index (χ4n) is 3.87. The highest BCUT2D eigenvalue weighted by atomic mass is 16.5. The highest BCUT2D eigenvalue weighted by molar-refractivity contribution is 4.74. The fourth-order valence-corrected chi connectivity index (χ4v) is 3.87. The SMILES string of the molecule is C1CO[C@@H](CCN2CCCN(CC[C@H]3CCCO3)CC2)C1. The van der Waals surface area contributed by atoms with Gasteiger partial charge in [0.1, 0.15) is 0 Å². The van der Waals surface area contributed by atoms with Crippen LogP contribution in [-0.2, 0) is 9.47 Å². The van der Waals surface area contributed by atoms with Crippen LogP contribution in [0.4, 0.5) is 0 Å². The molecule has 3 heterocycles. The molecule has 122 valence electrons. The smallest absolute Gasteiger partial charge is 0.0588 e. The Morgan fingerprint density at radius 2 is 1.19 bits per heavy atom. The summed E-state index contributed by atoms with van der Waals surface area (Å²) in [6.07, 6.45) is 9.96. The van der Waals surface area contributed by atoms with Gasteiger partial charge in [-0.25, -0.2) is 0 Å². The van der Waals surface area contributed by atoms with Crippen LogP contribution in [0, 0.1) is 0 Å². The summed E-state index contributed by atoms with van der Waals surface area (Å²) in [6.45, 7) is 9.43. The quantitative estimate of drug-likeness (QED) is 0.750. The highest BCUT2D eigenvalue weighted by Crippen LogP contribution is 2.18. The molecule has 21 heavy (non-hydrogen) atoms. The molecule has 3 aliphatic heterocycles. The van der Waals surface area contributed by atoms with Crippen LogP contribution in [0.15, 0.2) is 0 Å². The van der Waals surface area contributed by atoms with Gasteiger partial charge < -0.3 is 19.3 Å². The van der Waals surface area contributed by atoms with Gasteiger partial charge in [0.15, 0.2) is 0 Å². The van der Waals surface area contributed by atoms with Gasteiger partial charge in [-0.2, -0.15) is 0 Å². The molecule has 4 nitrogen and oxygen atoms in total. The third-order valence-corrected chi connectivity index (χ3v) is 5.26. The summed E-state index contributed by atoms with van der Waals surface area (Å²) < 4.78 is 11.5. The molecule has 0 aromatic carbocycles. The van der Waals surface area contributed by atoms with Crippen LogP contribution in [0.5, 0.6) is 0 Å². The summed E-state index contributed by atoms with van der Waals surface area (Å²) in [4.78, 5) is 5.29. The number of hydrogen-bond acceptors (Lipinski definition) is 4. The molecular formula is C17H32N2O2. The second-order valence-corrected chi connectivity index (χ2v) is 6.88. The summed E-state index contributed by atoms with van der Waals surface area (Å²) in [5.74, 6) is 0. The molecule has 0 aromatic rings. The van der Waals surface area contributed by atoms with E-state index in [1.165, 1.54) is 84.2 Å². The standard InChI is InChI=1S/C17H32N2O2/c1-4-16(20-14-1)6-10-18-8-3-9-19(13-12-18)11-7-17-5-2-15-21-17/h16-17H,1-15H2/t16-,17-/m1/s1. The lowest BCUT2D eigenvalue weighted by Crippen LogP contribution is -2.33. The first-order valence-electron chi connectivity index (χ1n) is 9.08. The van der Waals surface area contributed by atoms with E-state index in [2.05, 4.69) is 9.80 Å². The molecule has 0 bridgehead atoms. The zero-order valence-corrected chi connectivity index (χ0v) is 13.5. The molecule has 0 aliphatic carbocycles. The molecule has 3 aliphatic rings. The first-order valence-corrected chi connectivity index (χ1v) is 9.08. The van der Waals surface area contributed by atoms with Crippen molar-refractivity contribution in [2.45, 2.75) is 57.2 Å². The maximum atomic E-state index is 5.74. The van der Waals surface area contributed by atoms with E-state index < -0.39 is 0 Å². The molecule has 0 amide bonds. The van der Waals surface area contributed by atoms with Gasteiger partial charge >= 0.3 is 0 Å². The Labute approximate surface area is 129 Å². The Kier molecular flexibility index (Phi) is 6.34. The first kappa shape index (κ1) is 15.7. The van der Waals surface area contributed by atoms with Crippen LogP contribution in [-0.4, -0.2) is 74.5 Å². The minimum absolute atomic E-state index is 0.545. The summed E-state index contributed by atoms with van der Waals surface area (Å²) >= 11 is 0. The fraction of sp³-hybridized carbons (Fsp3) is 1.00. The predicted octanol–water partition coefficient (Wildman–Crippen LogP) is 2.13. The molecule has 0 saturated carbocycles. The average Bonchev–Trinajstić information content (AvgIpc) is 3.15. The zero-order valence-electron chi connectivity index (χ0n) is 13.5. The molecule has 0 radical (unpaired) electrons. The average molecular weight is 296 g/mol. The van der Waals surface area contributed by atoms with Gasteiger partial charge in [0.2, 0.25) is 0 Å². The van der Waals surface area contributed by atoms with Crippen LogP contribution in [0.3, 0.4) is 0 Å². The molecule has 3 fully saturated rings. The molecule has 4 heteroatoms. The van der Waals surface area contributed by atoms with E-state index in [0.29, 0.717) is 12.2 Å².